The van der Waals surface area contributed by atoms with E-state index in [4.69, 9.17) is 4.74 Å². The first-order chi connectivity index (χ1) is 7.33. The lowest BCUT2D eigenvalue weighted by atomic mass is 10.2. The van der Waals surface area contributed by atoms with Gasteiger partial charge >= 0.3 is 0 Å². The lowest BCUT2D eigenvalue weighted by Gasteiger charge is -2.29. The third-order valence-corrected chi connectivity index (χ3v) is 3.18. The summed E-state index contributed by atoms with van der Waals surface area (Å²) < 4.78 is 7.84. The summed E-state index contributed by atoms with van der Waals surface area (Å²) in [6.07, 6.45) is 6.90. The van der Waals surface area contributed by atoms with Gasteiger partial charge in [-0.15, -0.1) is 0 Å². The van der Waals surface area contributed by atoms with Gasteiger partial charge in [0.1, 0.15) is 0 Å². The van der Waals surface area contributed by atoms with Gasteiger partial charge in [0.2, 0.25) is 0 Å². The van der Waals surface area contributed by atoms with Crippen LogP contribution in [0.15, 0.2) is 12.4 Å². The highest BCUT2D eigenvalue weighted by molar-refractivity contribution is 5.11. The number of aromatic nitrogens is 2. The van der Waals surface area contributed by atoms with Crippen molar-refractivity contribution in [3.8, 4) is 0 Å². The number of nitrogens with zero attached hydrogens (tertiary/aromatic N) is 3. The first-order valence-corrected chi connectivity index (χ1v) is 5.67. The van der Waals surface area contributed by atoms with Gasteiger partial charge < -0.3 is 9.64 Å². The molecule has 1 aliphatic carbocycles. The van der Waals surface area contributed by atoms with Crippen molar-refractivity contribution < 1.29 is 4.74 Å². The smallest absolute Gasteiger partial charge is 0.0982 e. The lowest BCUT2D eigenvalue weighted by Crippen LogP contribution is -2.35. The first-order valence-electron chi connectivity index (χ1n) is 5.67. The SMILES string of the molecule is CN1CCO[C@@H](c2cnn(C3CC3)c2)C1. The van der Waals surface area contributed by atoms with Crippen LogP contribution in [-0.2, 0) is 4.74 Å². The Labute approximate surface area is 89.8 Å². The maximum absolute atomic E-state index is 5.75. The van der Waals surface area contributed by atoms with Crippen LogP contribution in [0.25, 0.3) is 0 Å². The topological polar surface area (TPSA) is 30.3 Å². The van der Waals surface area contributed by atoms with Crippen LogP contribution in [0.1, 0.15) is 30.6 Å². The fraction of sp³-hybridized carbons (Fsp3) is 0.727. The van der Waals surface area contributed by atoms with Crippen LogP contribution in [0.2, 0.25) is 0 Å². The highest BCUT2D eigenvalue weighted by Gasteiger charge is 2.26. The molecule has 15 heavy (non-hydrogen) atoms. The predicted octanol–water partition coefficient (Wildman–Crippen LogP) is 1.22. The zero-order chi connectivity index (χ0) is 10.3. The second-order valence-electron chi connectivity index (χ2n) is 4.61. The van der Waals surface area contributed by atoms with Crippen molar-refractivity contribution >= 4 is 0 Å². The molecule has 2 aliphatic rings. The van der Waals surface area contributed by atoms with E-state index >= 15 is 0 Å². The minimum atomic E-state index is 0.219. The molecule has 0 bridgehead atoms. The molecule has 4 heteroatoms. The molecule has 2 fully saturated rings. The number of hydrogen-bond donors (Lipinski definition) is 0. The summed E-state index contributed by atoms with van der Waals surface area (Å²) in [6.45, 7) is 2.85. The van der Waals surface area contributed by atoms with E-state index in [2.05, 4.69) is 27.9 Å². The molecule has 0 spiro atoms. The van der Waals surface area contributed by atoms with Crippen LogP contribution in [0.5, 0.6) is 0 Å². The lowest BCUT2D eigenvalue weighted by molar-refractivity contribution is -0.0209. The van der Waals surface area contributed by atoms with Crippen LogP contribution in [0, 0.1) is 0 Å². The Hall–Kier alpha value is -0.870. The Bertz CT molecular complexity index is 345. The van der Waals surface area contributed by atoms with Crippen molar-refractivity contribution in [1.29, 1.82) is 0 Å². The molecule has 4 nitrogen and oxygen atoms in total. The van der Waals surface area contributed by atoms with Crippen LogP contribution >= 0.6 is 0 Å². The van der Waals surface area contributed by atoms with E-state index in [1.54, 1.807) is 0 Å². The first kappa shape index (κ1) is 9.36. The third-order valence-electron chi connectivity index (χ3n) is 3.18. The van der Waals surface area contributed by atoms with E-state index in [0.29, 0.717) is 6.04 Å². The zero-order valence-corrected chi connectivity index (χ0v) is 9.09. The van der Waals surface area contributed by atoms with E-state index in [9.17, 15) is 0 Å². The summed E-state index contributed by atoms with van der Waals surface area (Å²) in [6, 6.07) is 0.667. The van der Waals surface area contributed by atoms with Crippen LogP contribution in [0.4, 0.5) is 0 Å². The van der Waals surface area contributed by atoms with Crippen LogP contribution in [0.3, 0.4) is 0 Å². The molecular weight excluding hydrogens is 190 g/mol. The summed E-state index contributed by atoms with van der Waals surface area (Å²) in [4.78, 5) is 2.31. The van der Waals surface area contributed by atoms with Crippen molar-refractivity contribution in [2.75, 3.05) is 26.7 Å². The van der Waals surface area contributed by atoms with E-state index in [1.165, 1.54) is 18.4 Å². The summed E-state index contributed by atoms with van der Waals surface area (Å²) >= 11 is 0. The Morgan fingerprint density at radius 2 is 2.33 bits per heavy atom. The van der Waals surface area contributed by atoms with Gasteiger partial charge in [0.25, 0.3) is 0 Å². The molecule has 1 aliphatic heterocycles. The van der Waals surface area contributed by atoms with Gasteiger partial charge in [-0.2, -0.15) is 5.10 Å². The summed E-state index contributed by atoms with van der Waals surface area (Å²) in [5, 5.41) is 4.40. The maximum Gasteiger partial charge on any atom is 0.0982 e. The van der Waals surface area contributed by atoms with Crippen LogP contribution in [-0.4, -0.2) is 41.4 Å². The average molecular weight is 207 g/mol. The van der Waals surface area contributed by atoms with Gasteiger partial charge in [0.05, 0.1) is 24.9 Å². The molecule has 1 aromatic heterocycles. The van der Waals surface area contributed by atoms with Crippen molar-refractivity contribution in [3.05, 3.63) is 18.0 Å². The maximum atomic E-state index is 5.75. The highest BCUT2D eigenvalue weighted by atomic mass is 16.5. The molecule has 0 aromatic carbocycles. The Morgan fingerprint density at radius 1 is 1.47 bits per heavy atom. The Kier molecular flexibility index (Phi) is 2.25. The van der Waals surface area contributed by atoms with Gasteiger partial charge in [-0.05, 0) is 19.9 Å². The van der Waals surface area contributed by atoms with Gasteiger partial charge in [-0.1, -0.05) is 0 Å². The highest BCUT2D eigenvalue weighted by Crippen LogP contribution is 2.35. The van der Waals surface area contributed by atoms with E-state index in [1.807, 2.05) is 6.20 Å². The van der Waals surface area contributed by atoms with Crippen molar-refractivity contribution in [3.63, 3.8) is 0 Å². The number of morpholine rings is 1. The molecule has 1 saturated heterocycles. The molecule has 0 radical (unpaired) electrons. The second-order valence-corrected chi connectivity index (χ2v) is 4.61. The van der Waals surface area contributed by atoms with Crippen molar-refractivity contribution in [1.82, 2.24) is 14.7 Å². The fourth-order valence-electron chi connectivity index (χ4n) is 2.04. The number of hydrogen-bond acceptors (Lipinski definition) is 3. The molecule has 0 unspecified atom stereocenters. The summed E-state index contributed by atoms with van der Waals surface area (Å²) in [5.74, 6) is 0. The monoisotopic (exact) mass is 207 g/mol. The number of ether oxygens (including phenoxy) is 1. The van der Waals surface area contributed by atoms with Gasteiger partial charge in [-0.25, -0.2) is 0 Å². The molecule has 2 heterocycles. The normalized spacial score (nSPS) is 28.2. The molecule has 0 amide bonds. The fourth-order valence-corrected chi connectivity index (χ4v) is 2.04. The quantitative estimate of drug-likeness (QED) is 0.730. The van der Waals surface area contributed by atoms with Gasteiger partial charge in [-0.3, -0.25) is 4.68 Å². The molecule has 3 rings (SSSR count). The minimum absolute atomic E-state index is 0.219. The molecule has 1 saturated carbocycles. The Balaban J connectivity index is 1.73. The molecule has 0 N–H and O–H groups in total. The average Bonchev–Trinajstić information content (AvgIpc) is 2.97. The van der Waals surface area contributed by atoms with Gasteiger partial charge in [0, 0.05) is 24.8 Å². The second kappa shape index (κ2) is 3.61. The Morgan fingerprint density at radius 3 is 3.07 bits per heavy atom. The summed E-state index contributed by atoms with van der Waals surface area (Å²) in [7, 11) is 2.14. The van der Waals surface area contributed by atoms with E-state index in [0.717, 1.165) is 19.7 Å². The van der Waals surface area contributed by atoms with Crippen molar-refractivity contribution in [2.24, 2.45) is 0 Å². The predicted molar refractivity (Wildman–Crippen MR) is 56.7 cm³/mol. The van der Waals surface area contributed by atoms with E-state index < -0.39 is 0 Å². The van der Waals surface area contributed by atoms with Gasteiger partial charge in [0.15, 0.2) is 0 Å². The standard InChI is InChI=1S/C11H17N3O/c1-13-4-5-15-11(8-13)9-6-12-14(7-9)10-2-3-10/h6-7,10-11H,2-5,8H2,1H3/t11-/m1/s1. The van der Waals surface area contributed by atoms with E-state index in [-0.39, 0.29) is 6.10 Å². The molecule has 1 atom stereocenters. The zero-order valence-electron chi connectivity index (χ0n) is 9.09. The number of rotatable bonds is 2. The van der Waals surface area contributed by atoms with Crippen LogP contribution < -0.4 is 0 Å². The molecular formula is C11H17N3O. The largest absolute Gasteiger partial charge is 0.371 e. The summed E-state index contributed by atoms with van der Waals surface area (Å²) in [5.41, 5.74) is 1.23. The van der Waals surface area contributed by atoms with Crippen molar-refractivity contribution in [2.45, 2.75) is 25.0 Å². The number of likely N-dealkylation sites (N-methyl/N-ethyl adjacent to an activating group) is 1. The third kappa shape index (κ3) is 1.92. The minimum Gasteiger partial charge on any atom is -0.371 e. The molecule has 1 aromatic rings. The molecule has 82 valence electrons.